The molecule has 4 aromatic heterocycles. The summed E-state index contributed by atoms with van der Waals surface area (Å²) >= 11 is 0. The van der Waals surface area contributed by atoms with E-state index in [1.54, 1.807) is 43.3 Å². The van der Waals surface area contributed by atoms with Crippen molar-refractivity contribution in [2.24, 2.45) is 10.8 Å². The Balaban J connectivity index is 0.000000229. The fourth-order valence-electron chi connectivity index (χ4n) is 8.62. The van der Waals surface area contributed by atoms with Crippen LogP contribution in [-0.2, 0) is 43.0 Å². The van der Waals surface area contributed by atoms with E-state index < -0.39 is 16.6 Å². The number of likely N-dealkylation sites (tertiary alicyclic amines) is 1. The third-order valence-electron chi connectivity index (χ3n) is 12.1. The van der Waals surface area contributed by atoms with Crippen LogP contribution in [0.25, 0.3) is 0 Å². The average Bonchev–Trinajstić information content (AvgIpc) is 3.96. The van der Waals surface area contributed by atoms with Gasteiger partial charge in [0, 0.05) is 49.5 Å². The molecule has 2 aliphatic rings. The topological polar surface area (TPSA) is 170 Å². The number of aromatic nitrogens is 6. The molecule has 0 spiro atoms. The maximum atomic E-state index is 14.6. The van der Waals surface area contributed by atoms with Crippen LogP contribution in [0.15, 0.2) is 79.1 Å². The Kier molecular flexibility index (Phi) is 15.7. The number of aryl methyl sites for hydroxylation is 1. The zero-order valence-corrected chi connectivity index (χ0v) is 40.0. The number of hydrogen-bond acceptors (Lipinski definition) is 12. The molecule has 5 aromatic rings. The fourth-order valence-corrected chi connectivity index (χ4v) is 8.62. The molecule has 6 heterocycles. The molecule has 7 rings (SSSR count). The predicted octanol–water partition coefficient (Wildman–Crippen LogP) is 8.50. The van der Waals surface area contributed by atoms with Gasteiger partial charge in [-0.05, 0) is 137 Å². The van der Waals surface area contributed by atoms with E-state index >= 15 is 0 Å². The molecule has 2 saturated heterocycles. The number of ether oxygens (including phenoxy) is 2. The molecule has 0 atom stereocenters. The second-order valence-electron chi connectivity index (χ2n) is 19.2. The van der Waals surface area contributed by atoms with Gasteiger partial charge in [0.1, 0.15) is 29.1 Å². The van der Waals surface area contributed by atoms with Crippen molar-refractivity contribution in [2.75, 3.05) is 50.0 Å². The summed E-state index contributed by atoms with van der Waals surface area (Å²) in [6.07, 6.45) is 6.82. The number of nitrogens with one attached hydrogen (secondary N) is 3. The molecule has 2 fully saturated rings. The van der Waals surface area contributed by atoms with Gasteiger partial charge in [0.25, 0.3) is 5.91 Å². The Morgan fingerprint density at radius 3 is 1.59 bits per heavy atom. The highest BCUT2D eigenvalue weighted by molar-refractivity contribution is 5.95. The first kappa shape index (κ1) is 49.3. The Labute approximate surface area is 388 Å². The molecule has 3 N–H and O–H groups in total. The summed E-state index contributed by atoms with van der Waals surface area (Å²) in [4.78, 5) is 50.2. The molecule has 1 aromatic carbocycles. The molecule has 0 radical (unpaired) electrons. The lowest BCUT2D eigenvalue weighted by Crippen LogP contribution is -2.48. The van der Waals surface area contributed by atoms with Crippen LogP contribution in [-0.4, -0.2) is 91.7 Å². The number of hydrogen-bond donors (Lipinski definition) is 3. The lowest BCUT2D eigenvalue weighted by molar-refractivity contribution is -0.158. The molecule has 0 saturated carbocycles. The van der Waals surface area contributed by atoms with Crippen molar-refractivity contribution < 1.29 is 28.2 Å². The highest BCUT2D eigenvalue weighted by Crippen LogP contribution is 2.38. The molecular weight excluding hydrogens is 840 g/mol. The van der Waals surface area contributed by atoms with Crippen molar-refractivity contribution in [3.05, 3.63) is 107 Å². The van der Waals surface area contributed by atoms with Crippen LogP contribution < -0.4 is 16.0 Å². The minimum absolute atomic E-state index is 0.0589. The summed E-state index contributed by atoms with van der Waals surface area (Å²) in [7, 11) is 0. The molecule has 66 heavy (non-hydrogen) atoms. The molecule has 15 nitrogen and oxygen atoms in total. The summed E-state index contributed by atoms with van der Waals surface area (Å²) in [5, 5.41) is 18.9. The Bertz CT molecular complexity index is 2440. The zero-order valence-electron chi connectivity index (χ0n) is 40.0. The molecule has 2 aliphatic heterocycles. The van der Waals surface area contributed by atoms with Crippen LogP contribution in [0, 0.1) is 23.6 Å². The summed E-state index contributed by atoms with van der Waals surface area (Å²) in [5.41, 5.74) is 0.464. The van der Waals surface area contributed by atoms with E-state index in [2.05, 4.69) is 67.7 Å². The maximum absolute atomic E-state index is 14.6. The van der Waals surface area contributed by atoms with Gasteiger partial charge in [0.2, 0.25) is 0 Å². The number of carbonyl (C=O) groups is 3. The first-order chi connectivity index (χ1) is 31.4. The van der Waals surface area contributed by atoms with Gasteiger partial charge in [-0.15, -0.1) is 0 Å². The number of esters is 2. The van der Waals surface area contributed by atoms with Crippen LogP contribution in [0.3, 0.4) is 0 Å². The molecule has 354 valence electrons. The minimum atomic E-state index is -0.823. The number of benzene rings is 1. The Hall–Kier alpha value is -6.16. The van der Waals surface area contributed by atoms with E-state index in [9.17, 15) is 18.8 Å². The largest absolute Gasteiger partial charge is 0.466 e. The number of pyridine rings is 2. The fraction of sp³-hybridized carbons (Fsp3) is 0.500. The van der Waals surface area contributed by atoms with Gasteiger partial charge in [0.05, 0.1) is 53.1 Å². The summed E-state index contributed by atoms with van der Waals surface area (Å²) in [6.45, 7) is 20.8. The zero-order chi connectivity index (χ0) is 47.7. The molecule has 1 amide bonds. The number of anilines is 4. The van der Waals surface area contributed by atoms with Gasteiger partial charge in [-0.2, -0.15) is 10.2 Å². The van der Waals surface area contributed by atoms with E-state index in [1.165, 1.54) is 6.07 Å². The van der Waals surface area contributed by atoms with Gasteiger partial charge in [-0.25, -0.2) is 23.7 Å². The standard InChI is InChI=1S/C29H36FN5O3.C21H31N5O2/c1-6-38-27(37)29(14-17-34(18-15-29)26(36)22-11-7-9-20(2)25(22)30)19-21-10-8-12-23(32-21)33-24-13-16-31-35(24)28(3,4)5;1-5-28-19(27)21(10-13-22-14-11-21)15-16-7-6-8-17(24-16)25-18-9-12-23-26(18)20(2,3)4/h7-13,16H,6,14-15,17-19H2,1-5H3,(H,32,33);6-9,12,22H,5,10-11,13-15H2,1-4H3,(H,24,25). The van der Waals surface area contributed by atoms with E-state index in [-0.39, 0.29) is 41.1 Å². The van der Waals surface area contributed by atoms with Gasteiger partial charge >= 0.3 is 11.9 Å². The smallest absolute Gasteiger partial charge is 0.312 e. The second kappa shape index (κ2) is 21.0. The van der Waals surface area contributed by atoms with E-state index in [4.69, 9.17) is 19.4 Å². The molecule has 0 unspecified atom stereocenters. The van der Waals surface area contributed by atoms with E-state index in [0.717, 1.165) is 54.8 Å². The number of amides is 1. The van der Waals surface area contributed by atoms with Crippen LogP contribution in [0.2, 0.25) is 0 Å². The Morgan fingerprint density at radius 2 is 1.14 bits per heavy atom. The van der Waals surface area contributed by atoms with Crippen LogP contribution in [0.4, 0.5) is 27.7 Å². The highest BCUT2D eigenvalue weighted by atomic mass is 19.1. The van der Waals surface area contributed by atoms with E-state index in [0.29, 0.717) is 56.8 Å². The van der Waals surface area contributed by atoms with Crippen LogP contribution in [0.5, 0.6) is 0 Å². The van der Waals surface area contributed by atoms with Crippen LogP contribution >= 0.6 is 0 Å². The SMILES string of the molecule is CCOC(=O)C1(Cc2cccc(Nc3ccnn3C(C)(C)C)n2)CCN(C(=O)c2cccc(C)c2F)CC1.CCOC(=O)C1(Cc2cccc(Nc3ccnn3C(C)(C)C)n2)CCNCC1. The summed E-state index contributed by atoms with van der Waals surface area (Å²) < 4.78 is 29.3. The van der Waals surface area contributed by atoms with Gasteiger partial charge < -0.3 is 30.3 Å². The number of piperidine rings is 2. The Morgan fingerprint density at radius 1 is 0.682 bits per heavy atom. The molecule has 16 heteroatoms. The summed E-state index contributed by atoms with van der Waals surface area (Å²) in [6, 6.07) is 20.2. The van der Waals surface area contributed by atoms with Crippen molar-refractivity contribution in [2.45, 2.75) is 112 Å². The van der Waals surface area contributed by atoms with Gasteiger partial charge in [-0.1, -0.05) is 24.3 Å². The number of nitrogens with zero attached hydrogens (tertiary/aromatic N) is 7. The van der Waals surface area contributed by atoms with Crippen molar-refractivity contribution in [1.29, 1.82) is 0 Å². The summed E-state index contributed by atoms with van der Waals surface area (Å²) in [5.74, 6) is 1.84. The van der Waals surface area contributed by atoms with Crippen LogP contribution in [0.1, 0.15) is 108 Å². The number of rotatable bonds is 13. The molecule has 0 aliphatic carbocycles. The quantitative estimate of drug-likeness (QED) is 0.0965. The average molecular weight is 907 g/mol. The van der Waals surface area contributed by atoms with Crippen molar-refractivity contribution >= 4 is 41.1 Å². The first-order valence-corrected chi connectivity index (χ1v) is 23.0. The molecule has 0 bridgehead atoms. The van der Waals surface area contributed by atoms with Gasteiger partial charge in [0.15, 0.2) is 0 Å². The van der Waals surface area contributed by atoms with Crippen molar-refractivity contribution in [1.82, 2.24) is 39.7 Å². The maximum Gasteiger partial charge on any atom is 0.312 e. The lowest BCUT2D eigenvalue weighted by atomic mass is 9.74. The normalized spacial score (nSPS) is 15.8. The number of halogens is 1. The third-order valence-corrected chi connectivity index (χ3v) is 12.1. The van der Waals surface area contributed by atoms with Crippen molar-refractivity contribution in [3.8, 4) is 0 Å². The van der Waals surface area contributed by atoms with Gasteiger partial charge in [-0.3, -0.25) is 14.4 Å². The second-order valence-corrected chi connectivity index (χ2v) is 19.2. The predicted molar refractivity (Wildman–Crippen MR) is 253 cm³/mol. The third kappa shape index (κ3) is 11.8. The van der Waals surface area contributed by atoms with E-state index in [1.807, 2.05) is 64.8 Å². The minimum Gasteiger partial charge on any atom is -0.466 e. The first-order valence-electron chi connectivity index (χ1n) is 23.0. The molecular formula is C50H67FN10O5. The highest BCUT2D eigenvalue weighted by Gasteiger charge is 2.45. The monoisotopic (exact) mass is 907 g/mol. The lowest BCUT2D eigenvalue weighted by Gasteiger charge is -2.40. The number of carbonyl (C=O) groups excluding carboxylic acids is 3. The van der Waals surface area contributed by atoms with Crippen molar-refractivity contribution in [3.63, 3.8) is 0 Å².